The van der Waals surface area contributed by atoms with Gasteiger partial charge in [-0.05, 0) is 45.0 Å². The second-order valence-corrected chi connectivity index (χ2v) is 4.95. The Hall–Kier alpha value is -1.39. The van der Waals surface area contributed by atoms with Gasteiger partial charge in [-0.15, -0.1) is 0 Å². The fourth-order valence-corrected chi connectivity index (χ4v) is 1.71. The lowest BCUT2D eigenvalue weighted by Crippen LogP contribution is -2.48. The van der Waals surface area contributed by atoms with Gasteiger partial charge < -0.3 is 10.6 Å². The number of halogens is 1. The summed E-state index contributed by atoms with van der Waals surface area (Å²) in [4.78, 5) is 23.4. The first-order valence-corrected chi connectivity index (χ1v) is 6.54. The fourth-order valence-electron chi connectivity index (χ4n) is 1.58. The second-order valence-electron chi connectivity index (χ2n) is 4.51. The van der Waals surface area contributed by atoms with Crippen molar-refractivity contribution in [1.29, 1.82) is 0 Å². The van der Waals surface area contributed by atoms with Gasteiger partial charge in [0.15, 0.2) is 5.78 Å². The van der Waals surface area contributed by atoms with Gasteiger partial charge in [-0.25, -0.2) is 0 Å². The number of benzene rings is 1. The molecule has 0 aliphatic carbocycles. The summed E-state index contributed by atoms with van der Waals surface area (Å²) in [7, 11) is 1.70. The molecule has 4 nitrogen and oxygen atoms in total. The minimum atomic E-state index is -0.510. The van der Waals surface area contributed by atoms with Crippen molar-refractivity contribution in [3.63, 3.8) is 0 Å². The summed E-state index contributed by atoms with van der Waals surface area (Å²) in [5, 5.41) is 6.23. The minimum Gasteiger partial charge on any atom is -0.345 e. The molecule has 0 aromatic heterocycles. The number of nitrogens with one attached hydrogen (secondary N) is 2. The Kier molecular flexibility index (Phi) is 5.99. The van der Waals surface area contributed by atoms with E-state index in [0.29, 0.717) is 11.4 Å². The normalized spacial score (nSPS) is 13.7. The molecule has 0 aliphatic rings. The van der Waals surface area contributed by atoms with E-state index in [1.807, 2.05) is 12.1 Å². The largest absolute Gasteiger partial charge is 0.345 e. The highest BCUT2D eigenvalue weighted by atomic mass is 35.5. The Labute approximate surface area is 118 Å². The molecule has 0 fully saturated rings. The number of Topliss-reactive ketones (excluding diaryl/α,β-unsaturated/α-hetero) is 1. The number of hydrogen-bond donors (Lipinski definition) is 2. The van der Waals surface area contributed by atoms with Gasteiger partial charge in [0.2, 0.25) is 5.91 Å². The van der Waals surface area contributed by atoms with Crippen molar-refractivity contribution in [1.82, 2.24) is 10.6 Å². The first kappa shape index (κ1) is 15.7. The number of rotatable bonds is 6. The zero-order valence-corrected chi connectivity index (χ0v) is 12.1. The monoisotopic (exact) mass is 282 g/mol. The summed E-state index contributed by atoms with van der Waals surface area (Å²) in [5.74, 6) is -0.247. The average Bonchev–Trinajstić information content (AvgIpc) is 2.39. The molecule has 1 amide bonds. The number of carbonyl (C=O) groups excluding carboxylic acids is 2. The SMILES string of the molecule is CN[C@H](C)C(=O)N[C@H](Cc1ccc(Cl)cc1)C(C)=O. The van der Waals surface area contributed by atoms with Gasteiger partial charge in [-0.1, -0.05) is 23.7 Å². The molecule has 0 bridgehead atoms. The lowest BCUT2D eigenvalue weighted by Gasteiger charge is -2.18. The third-order valence-corrected chi connectivity index (χ3v) is 3.24. The Morgan fingerprint density at radius 1 is 1.26 bits per heavy atom. The van der Waals surface area contributed by atoms with Gasteiger partial charge >= 0.3 is 0 Å². The molecule has 1 aromatic carbocycles. The van der Waals surface area contributed by atoms with Crippen LogP contribution in [0.3, 0.4) is 0 Å². The van der Waals surface area contributed by atoms with Crippen LogP contribution in [0.1, 0.15) is 19.4 Å². The number of likely N-dealkylation sites (N-methyl/N-ethyl adjacent to an activating group) is 1. The van der Waals surface area contributed by atoms with E-state index < -0.39 is 6.04 Å². The predicted octanol–water partition coefficient (Wildman–Crippen LogP) is 1.56. The molecular formula is C14H19ClN2O2. The zero-order valence-electron chi connectivity index (χ0n) is 11.4. The summed E-state index contributed by atoms with van der Waals surface area (Å²) in [6, 6.07) is 6.41. The molecule has 19 heavy (non-hydrogen) atoms. The molecule has 0 aliphatic heterocycles. The average molecular weight is 283 g/mol. The highest BCUT2D eigenvalue weighted by Crippen LogP contribution is 2.11. The van der Waals surface area contributed by atoms with Crippen LogP contribution in [0.4, 0.5) is 0 Å². The van der Waals surface area contributed by atoms with Crippen LogP contribution in [-0.2, 0) is 16.0 Å². The zero-order chi connectivity index (χ0) is 14.4. The van der Waals surface area contributed by atoms with Crippen molar-refractivity contribution in [2.75, 3.05) is 7.05 Å². The molecule has 0 heterocycles. The van der Waals surface area contributed by atoms with Gasteiger partial charge in [-0.2, -0.15) is 0 Å². The maximum Gasteiger partial charge on any atom is 0.237 e. The standard InChI is InChI=1S/C14H19ClN2O2/c1-9(16-3)14(19)17-13(10(2)18)8-11-4-6-12(15)7-5-11/h4-7,9,13,16H,8H2,1-3H3,(H,17,19)/t9-,13-/m1/s1. The third-order valence-electron chi connectivity index (χ3n) is 2.99. The quantitative estimate of drug-likeness (QED) is 0.833. The van der Waals surface area contributed by atoms with Gasteiger partial charge in [-0.3, -0.25) is 9.59 Å². The van der Waals surface area contributed by atoms with Crippen molar-refractivity contribution >= 4 is 23.3 Å². The molecule has 0 spiro atoms. The van der Waals surface area contributed by atoms with E-state index in [1.54, 1.807) is 26.1 Å². The summed E-state index contributed by atoms with van der Waals surface area (Å²) in [6.45, 7) is 3.22. The van der Waals surface area contributed by atoms with Crippen molar-refractivity contribution in [2.45, 2.75) is 32.4 Å². The van der Waals surface area contributed by atoms with Gasteiger partial charge in [0.1, 0.15) is 0 Å². The summed E-state index contributed by atoms with van der Waals surface area (Å²) in [6.07, 6.45) is 0.467. The number of amides is 1. The molecule has 2 N–H and O–H groups in total. The van der Waals surface area contributed by atoms with Crippen LogP contribution in [0.25, 0.3) is 0 Å². The van der Waals surface area contributed by atoms with E-state index in [1.165, 1.54) is 6.92 Å². The van der Waals surface area contributed by atoms with Crippen LogP contribution in [0, 0.1) is 0 Å². The maximum atomic E-state index is 11.8. The number of ketones is 1. The molecule has 0 unspecified atom stereocenters. The lowest BCUT2D eigenvalue weighted by atomic mass is 10.0. The highest BCUT2D eigenvalue weighted by Gasteiger charge is 2.20. The Morgan fingerprint density at radius 3 is 2.32 bits per heavy atom. The maximum absolute atomic E-state index is 11.8. The molecule has 0 radical (unpaired) electrons. The smallest absolute Gasteiger partial charge is 0.237 e. The summed E-state index contributed by atoms with van der Waals surface area (Å²) < 4.78 is 0. The molecule has 104 valence electrons. The lowest BCUT2D eigenvalue weighted by molar-refractivity contribution is -0.127. The molecule has 5 heteroatoms. The van der Waals surface area contributed by atoms with Crippen molar-refractivity contribution in [3.8, 4) is 0 Å². The third kappa shape index (κ3) is 5.01. The Bertz CT molecular complexity index is 445. The number of carbonyl (C=O) groups is 2. The summed E-state index contributed by atoms with van der Waals surface area (Å²) in [5.41, 5.74) is 0.960. The van der Waals surface area contributed by atoms with E-state index in [9.17, 15) is 9.59 Å². The van der Waals surface area contributed by atoms with E-state index in [4.69, 9.17) is 11.6 Å². The molecule has 0 saturated carbocycles. The highest BCUT2D eigenvalue weighted by molar-refractivity contribution is 6.30. The predicted molar refractivity (Wildman–Crippen MR) is 76.3 cm³/mol. The van der Waals surface area contributed by atoms with Crippen molar-refractivity contribution < 1.29 is 9.59 Å². The number of hydrogen-bond acceptors (Lipinski definition) is 3. The first-order chi connectivity index (χ1) is 8.93. The summed E-state index contributed by atoms with van der Waals surface area (Å²) >= 11 is 5.81. The molecule has 0 saturated heterocycles. The van der Waals surface area contributed by atoms with Crippen LogP contribution >= 0.6 is 11.6 Å². The Balaban J connectivity index is 2.71. The minimum absolute atomic E-state index is 0.0633. The van der Waals surface area contributed by atoms with Crippen LogP contribution < -0.4 is 10.6 Å². The van der Waals surface area contributed by atoms with Gasteiger partial charge in [0.25, 0.3) is 0 Å². The van der Waals surface area contributed by atoms with E-state index in [-0.39, 0.29) is 17.7 Å². The van der Waals surface area contributed by atoms with Crippen LogP contribution in [0.5, 0.6) is 0 Å². The van der Waals surface area contributed by atoms with Crippen LogP contribution in [0.2, 0.25) is 5.02 Å². The van der Waals surface area contributed by atoms with Gasteiger partial charge in [0, 0.05) is 5.02 Å². The topological polar surface area (TPSA) is 58.2 Å². The first-order valence-electron chi connectivity index (χ1n) is 6.16. The van der Waals surface area contributed by atoms with Crippen LogP contribution in [0.15, 0.2) is 24.3 Å². The van der Waals surface area contributed by atoms with Crippen molar-refractivity contribution in [3.05, 3.63) is 34.9 Å². The van der Waals surface area contributed by atoms with E-state index >= 15 is 0 Å². The second kappa shape index (κ2) is 7.26. The van der Waals surface area contributed by atoms with Crippen molar-refractivity contribution in [2.24, 2.45) is 0 Å². The molecular weight excluding hydrogens is 264 g/mol. The van der Waals surface area contributed by atoms with E-state index in [0.717, 1.165) is 5.56 Å². The van der Waals surface area contributed by atoms with Crippen LogP contribution in [-0.4, -0.2) is 30.8 Å². The fraction of sp³-hybridized carbons (Fsp3) is 0.429. The van der Waals surface area contributed by atoms with E-state index in [2.05, 4.69) is 10.6 Å². The molecule has 1 rings (SSSR count). The molecule has 1 aromatic rings. The Morgan fingerprint density at radius 2 is 1.84 bits per heavy atom. The molecule has 2 atom stereocenters. The van der Waals surface area contributed by atoms with Gasteiger partial charge in [0.05, 0.1) is 12.1 Å².